The Balaban J connectivity index is 2.16. The normalized spacial score (nSPS) is 19.2. The van der Waals surface area contributed by atoms with E-state index >= 15 is 0 Å². The van der Waals surface area contributed by atoms with Crippen LogP contribution >= 0.6 is 0 Å². The Bertz CT molecular complexity index is 1240. The van der Waals surface area contributed by atoms with Crippen molar-refractivity contribution in [1.82, 2.24) is 5.32 Å². The van der Waals surface area contributed by atoms with Gasteiger partial charge >= 0.3 is 0 Å². The number of rotatable bonds is 55. The molecule has 7 unspecified atom stereocenters. The molecule has 1 aliphatic rings. The fourth-order valence-corrected chi connectivity index (χ4v) is 10.2. The monoisotopic (exact) mass is 1030 g/mol. The molecule has 1 fully saturated rings. The predicted molar refractivity (Wildman–Crippen MR) is 309 cm³/mol. The summed E-state index contributed by atoms with van der Waals surface area (Å²) in [7, 11) is 0. The lowest BCUT2D eigenvalue weighted by Crippen LogP contribution is -2.60. The van der Waals surface area contributed by atoms with Gasteiger partial charge in [0.25, 0.3) is 0 Å². The first-order chi connectivity index (χ1) is 35.8. The number of carbonyl (C=O) groups excluding carboxylic acids is 1. The summed E-state index contributed by atoms with van der Waals surface area (Å²) in [5.41, 5.74) is 0. The first-order valence-electron chi connectivity index (χ1n) is 31.7. The third kappa shape index (κ3) is 43.1. The Labute approximate surface area is 451 Å². The van der Waals surface area contributed by atoms with Crippen LogP contribution in [0.1, 0.15) is 309 Å². The maximum absolute atomic E-state index is 13.0. The molecule has 1 heterocycles. The highest BCUT2D eigenvalue weighted by atomic mass is 16.7. The highest BCUT2D eigenvalue weighted by Crippen LogP contribution is 2.23. The molecule has 0 aromatic heterocycles. The molecule has 1 saturated heterocycles. The summed E-state index contributed by atoms with van der Waals surface area (Å²) in [5, 5.41) is 54.5. The minimum atomic E-state index is -1.57. The molecule has 0 bridgehead atoms. The average Bonchev–Trinajstić information content (AvgIpc) is 3.39. The van der Waals surface area contributed by atoms with Crippen LogP contribution in [0.5, 0.6) is 0 Å². The molecule has 7 atom stereocenters. The lowest BCUT2D eigenvalue weighted by molar-refractivity contribution is -0.302. The number of allylic oxidation sites excluding steroid dienone is 5. The van der Waals surface area contributed by atoms with Gasteiger partial charge in [0.2, 0.25) is 5.91 Å². The van der Waals surface area contributed by atoms with Gasteiger partial charge in [-0.3, -0.25) is 4.79 Å². The zero-order valence-electron chi connectivity index (χ0n) is 47.9. The lowest BCUT2D eigenvalue weighted by atomic mass is 9.99. The number of aliphatic hydroxyl groups excluding tert-OH is 5. The van der Waals surface area contributed by atoms with Crippen LogP contribution in [0.4, 0.5) is 0 Å². The highest BCUT2D eigenvalue weighted by molar-refractivity contribution is 5.76. The van der Waals surface area contributed by atoms with Crippen LogP contribution in [0, 0.1) is 0 Å². The van der Waals surface area contributed by atoms with Crippen LogP contribution < -0.4 is 5.32 Å². The fraction of sp³-hybridized carbons (Fsp3) is 0.891. The van der Waals surface area contributed by atoms with Gasteiger partial charge in [0.1, 0.15) is 24.4 Å². The van der Waals surface area contributed by atoms with Crippen molar-refractivity contribution >= 4 is 5.91 Å². The van der Waals surface area contributed by atoms with Crippen molar-refractivity contribution in [2.75, 3.05) is 13.2 Å². The number of aliphatic hydroxyl groups is 5. The Hall–Kier alpha value is -1.59. The number of ether oxygens (including phenoxy) is 2. The summed E-state index contributed by atoms with van der Waals surface area (Å²) in [6.45, 7) is 3.79. The van der Waals surface area contributed by atoms with Crippen molar-refractivity contribution in [1.29, 1.82) is 0 Å². The Morgan fingerprint density at radius 3 is 1.15 bits per heavy atom. The van der Waals surface area contributed by atoms with Gasteiger partial charge in [-0.1, -0.05) is 281 Å². The lowest BCUT2D eigenvalue weighted by Gasteiger charge is -2.40. The van der Waals surface area contributed by atoms with E-state index in [1.165, 1.54) is 238 Å². The summed E-state index contributed by atoms with van der Waals surface area (Å²) >= 11 is 0. The summed E-state index contributed by atoms with van der Waals surface area (Å²) in [6, 6.07) is -0.824. The van der Waals surface area contributed by atoms with Crippen LogP contribution in [0.3, 0.4) is 0 Å². The van der Waals surface area contributed by atoms with E-state index in [4.69, 9.17) is 9.47 Å². The number of hydrogen-bond acceptors (Lipinski definition) is 8. The van der Waals surface area contributed by atoms with Crippen molar-refractivity contribution in [3.8, 4) is 0 Å². The number of carbonyl (C=O) groups is 1. The molecule has 0 aromatic carbocycles. The fourth-order valence-electron chi connectivity index (χ4n) is 10.2. The number of hydrogen-bond donors (Lipinski definition) is 6. The van der Waals surface area contributed by atoms with Gasteiger partial charge in [0.15, 0.2) is 6.29 Å². The summed E-state index contributed by atoms with van der Waals surface area (Å²) in [5.74, 6) is -0.188. The third-order valence-corrected chi connectivity index (χ3v) is 15.2. The molecule has 1 rings (SSSR count). The second-order valence-electron chi connectivity index (χ2n) is 22.2. The van der Waals surface area contributed by atoms with Crippen LogP contribution in [-0.4, -0.2) is 87.5 Å². The van der Waals surface area contributed by atoms with E-state index in [2.05, 4.69) is 43.5 Å². The van der Waals surface area contributed by atoms with Crippen molar-refractivity contribution in [2.24, 2.45) is 0 Å². The van der Waals surface area contributed by atoms with Gasteiger partial charge in [-0.05, 0) is 57.8 Å². The standard InChI is InChI=1S/C64H121NO8/c1-3-5-7-9-11-13-15-17-19-21-22-23-24-25-26-27-28-29-30-31-32-33-34-35-36-38-39-41-43-45-47-49-51-53-58(67)57(56-72-64-63(71)62(70)61(69)59(55-66)73-64)65-60(68)54-52-50-48-46-44-42-40-37-20-18-16-14-12-10-8-6-4-2/h18,20,43,45,51,53,57-59,61-64,66-67,69-71H,3-17,19,21-42,44,46-50,52,54-56H2,1-2H3,(H,65,68)/b20-18-,45-43+,53-51+. The van der Waals surface area contributed by atoms with Crippen molar-refractivity contribution in [3.05, 3.63) is 36.5 Å². The van der Waals surface area contributed by atoms with Crippen LogP contribution in [0.2, 0.25) is 0 Å². The molecule has 1 amide bonds. The topological polar surface area (TPSA) is 149 Å². The molecule has 0 aromatic rings. The minimum absolute atomic E-state index is 0.188. The molecule has 430 valence electrons. The molecule has 1 aliphatic heterocycles. The van der Waals surface area contributed by atoms with Gasteiger partial charge in [0.05, 0.1) is 25.4 Å². The van der Waals surface area contributed by atoms with Gasteiger partial charge in [-0.2, -0.15) is 0 Å². The first-order valence-corrected chi connectivity index (χ1v) is 31.7. The molecule has 0 saturated carbocycles. The maximum atomic E-state index is 13.0. The molecular formula is C64H121NO8. The smallest absolute Gasteiger partial charge is 0.220 e. The van der Waals surface area contributed by atoms with Crippen LogP contribution in [-0.2, 0) is 14.3 Å². The largest absolute Gasteiger partial charge is 0.394 e. The van der Waals surface area contributed by atoms with Gasteiger partial charge < -0.3 is 40.3 Å². The Kier molecular flexibility index (Phi) is 51.2. The van der Waals surface area contributed by atoms with E-state index in [-0.39, 0.29) is 12.5 Å². The van der Waals surface area contributed by atoms with E-state index in [9.17, 15) is 30.3 Å². The number of unbranched alkanes of at least 4 members (excludes halogenated alkanes) is 41. The molecule has 0 radical (unpaired) electrons. The van der Waals surface area contributed by atoms with Gasteiger partial charge in [0, 0.05) is 6.42 Å². The number of nitrogens with one attached hydrogen (secondary N) is 1. The molecule has 73 heavy (non-hydrogen) atoms. The molecule has 0 spiro atoms. The van der Waals surface area contributed by atoms with Crippen molar-refractivity contribution in [2.45, 2.75) is 352 Å². The van der Waals surface area contributed by atoms with E-state index < -0.39 is 49.5 Å². The van der Waals surface area contributed by atoms with E-state index in [1.807, 2.05) is 6.08 Å². The van der Waals surface area contributed by atoms with Crippen LogP contribution in [0.25, 0.3) is 0 Å². The molecule has 9 heteroatoms. The zero-order chi connectivity index (χ0) is 52.9. The SMILES string of the molecule is CCCCCCCC/C=C\CCCCCCCCCC(=O)NC(COC1OC(CO)C(O)C(O)C1O)C(O)/C=C/CC/C=C/CCCCCCCCCCCCCCCCCCCCCCCCCCCCC. The predicted octanol–water partition coefficient (Wildman–Crippen LogP) is 16.3. The minimum Gasteiger partial charge on any atom is -0.394 e. The third-order valence-electron chi connectivity index (χ3n) is 15.2. The van der Waals surface area contributed by atoms with Gasteiger partial charge in [-0.25, -0.2) is 0 Å². The summed E-state index contributed by atoms with van der Waals surface area (Å²) in [6.07, 6.45) is 63.9. The molecule has 0 aliphatic carbocycles. The van der Waals surface area contributed by atoms with Crippen molar-refractivity contribution in [3.63, 3.8) is 0 Å². The molecular weight excluding hydrogens is 911 g/mol. The first kappa shape index (κ1) is 69.4. The van der Waals surface area contributed by atoms with E-state index in [0.717, 1.165) is 51.4 Å². The van der Waals surface area contributed by atoms with Crippen LogP contribution in [0.15, 0.2) is 36.5 Å². The molecule has 9 nitrogen and oxygen atoms in total. The average molecular weight is 1030 g/mol. The Morgan fingerprint density at radius 2 is 0.781 bits per heavy atom. The second-order valence-corrected chi connectivity index (χ2v) is 22.2. The van der Waals surface area contributed by atoms with E-state index in [1.54, 1.807) is 6.08 Å². The van der Waals surface area contributed by atoms with E-state index in [0.29, 0.717) is 6.42 Å². The molecule has 6 N–H and O–H groups in total. The highest BCUT2D eigenvalue weighted by Gasteiger charge is 2.44. The summed E-state index contributed by atoms with van der Waals surface area (Å²) in [4.78, 5) is 13.0. The second kappa shape index (κ2) is 53.8. The Morgan fingerprint density at radius 1 is 0.452 bits per heavy atom. The quantitative estimate of drug-likeness (QED) is 0.0261. The zero-order valence-corrected chi connectivity index (χ0v) is 47.9. The maximum Gasteiger partial charge on any atom is 0.220 e. The number of amides is 1. The van der Waals surface area contributed by atoms with Gasteiger partial charge in [-0.15, -0.1) is 0 Å². The van der Waals surface area contributed by atoms with Crippen molar-refractivity contribution < 1.29 is 39.8 Å². The summed E-state index contributed by atoms with van der Waals surface area (Å²) < 4.78 is 11.3.